The van der Waals surface area contributed by atoms with Crippen LogP contribution < -0.4 is 5.32 Å². The van der Waals surface area contributed by atoms with Crippen molar-refractivity contribution in [2.24, 2.45) is 0 Å². The minimum atomic E-state index is -0.833. The number of hydrogen-bond donors (Lipinski definition) is 2. The number of anilines is 1. The summed E-state index contributed by atoms with van der Waals surface area (Å²) in [5, 5.41) is 16.8. The third-order valence-electron chi connectivity index (χ3n) is 4.25. The third kappa shape index (κ3) is 2.21. The molecule has 122 valence electrons. The van der Waals surface area contributed by atoms with E-state index >= 15 is 0 Å². The Morgan fingerprint density at radius 1 is 1.25 bits per heavy atom. The SMILES string of the molecule is CSc1nc(NC2CC2)c2c(n1)Sc1nc3ccccc3n1C2O. The Morgan fingerprint density at radius 2 is 2.08 bits per heavy atom. The van der Waals surface area contributed by atoms with Crippen molar-refractivity contribution in [3.63, 3.8) is 0 Å². The smallest absolute Gasteiger partial charge is 0.190 e. The molecule has 6 nitrogen and oxygen atoms in total. The lowest BCUT2D eigenvalue weighted by atomic mass is 10.2. The summed E-state index contributed by atoms with van der Waals surface area (Å²) in [6.45, 7) is 0. The van der Waals surface area contributed by atoms with E-state index in [1.54, 1.807) is 0 Å². The molecule has 8 heteroatoms. The second-order valence-electron chi connectivity index (χ2n) is 5.93. The van der Waals surface area contributed by atoms with Crippen LogP contribution in [0.4, 0.5) is 5.82 Å². The first-order chi connectivity index (χ1) is 11.7. The molecule has 0 bridgehead atoms. The highest BCUT2D eigenvalue weighted by Crippen LogP contribution is 2.45. The Labute approximate surface area is 147 Å². The lowest BCUT2D eigenvalue weighted by Crippen LogP contribution is -2.20. The van der Waals surface area contributed by atoms with Crippen LogP contribution >= 0.6 is 23.5 Å². The quantitative estimate of drug-likeness (QED) is 0.424. The van der Waals surface area contributed by atoms with Gasteiger partial charge in [0.1, 0.15) is 10.8 Å². The minimum Gasteiger partial charge on any atom is -0.369 e. The van der Waals surface area contributed by atoms with E-state index in [2.05, 4.69) is 20.3 Å². The molecule has 1 atom stereocenters. The number of benzene rings is 1. The van der Waals surface area contributed by atoms with Gasteiger partial charge in [0.2, 0.25) is 0 Å². The van der Waals surface area contributed by atoms with Gasteiger partial charge in [-0.25, -0.2) is 15.0 Å². The van der Waals surface area contributed by atoms with E-state index in [4.69, 9.17) is 0 Å². The zero-order valence-electron chi connectivity index (χ0n) is 12.9. The number of imidazole rings is 1. The number of para-hydroxylation sites is 2. The van der Waals surface area contributed by atoms with Crippen LogP contribution in [-0.2, 0) is 0 Å². The molecule has 1 fully saturated rings. The molecule has 3 aromatic rings. The lowest BCUT2D eigenvalue weighted by Gasteiger charge is -2.25. The van der Waals surface area contributed by atoms with E-state index in [-0.39, 0.29) is 0 Å². The van der Waals surface area contributed by atoms with Crippen LogP contribution in [0.5, 0.6) is 0 Å². The minimum absolute atomic E-state index is 0.455. The third-order valence-corrected chi connectivity index (χ3v) is 5.77. The summed E-state index contributed by atoms with van der Waals surface area (Å²) in [4.78, 5) is 13.8. The largest absolute Gasteiger partial charge is 0.369 e. The fraction of sp³-hybridized carbons (Fsp3) is 0.312. The van der Waals surface area contributed by atoms with Gasteiger partial charge in [-0.15, -0.1) is 0 Å². The molecule has 0 saturated heterocycles. The van der Waals surface area contributed by atoms with Gasteiger partial charge >= 0.3 is 0 Å². The molecule has 0 radical (unpaired) electrons. The maximum atomic E-state index is 11.1. The van der Waals surface area contributed by atoms with Gasteiger partial charge < -0.3 is 10.4 Å². The molecule has 24 heavy (non-hydrogen) atoms. The van der Waals surface area contributed by atoms with Crippen LogP contribution in [-0.4, -0.2) is 36.9 Å². The molecular weight excluding hydrogens is 342 g/mol. The Morgan fingerprint density at radius 3 is 2.88 bits per heavy atom. The standard InChI is InChI=1S/C16H15N5OS2/c1-23-15-19-12(17-8-6-7-8)11-13(20-15)24-16-18-9-4-2-3-5-10(9)21(16)14(11)22/h2-5,8,14,22H,6-7H2,1H3,(H,17,19,20). The fourth-order valence-corrected chi connectivity index (χ4v) is 4.39. The summed E-state index contributed by atoms with van der Waals surface area (Å²) in [5.74, 6) is 0.746. The van der Waals surface area contributed by atoms with Gasteiger partial charge in [0.25, 0.3) is 0 Å². The highest BCUT2D eigenvalue weighted by molar-refractivity contribution is 7.99. The average molecular weight is 357 g/mol. The highest BCUT2D eigenvalue weighted by Gasteiger charge is 2.34. The van der Waals surface area contributed by atoms with Crippen molar-refractivity contribution in [2.75, 3.05) is 11.6 Å². The van der Waals surface area contributed by atoms with Crippen molar-refractivity contribution in [1.29, 1.82) is 0 Å². The van der Waals surface area contributed by atoms with Crippen LogP contribution in [0.1, 0.15) is 24.6 Å². The first-order valence-corrected chi connectivity index (χ1v) is 9.84. The van der Waals surface area contributed by atoms with Crippen LogP contribution in [0.15, 0.2) is 39.6 Å². The van der Waals surface area contributed by atoms with Gasteiger partial charge in [-0.1, -0.05) is 23.9 Å². The predicted octanol–water partition coefficient (Wildman–Crippen LogP) is 3.13. The molecule has 5 rings (SSSR count). The zero-order chi connectivity index (χ0) is 16.3. The van der Waals surface area contributed by atoms with Crippen molar-refractivity contribution in [1.82, 2.24) is 19.5 Å². The van der Waals surface area contributed by atoms with Crippen LogP contribution in [0.2, 0.25) is 0 Å². The molecule has 0 spiro atoms. The molecule has 0 amide bonds. The second kappa shape index (κ2) is 5.37. The van der Waals surface area contributed by atoms with E-state index in [1.807, 2.05) is 35.1 Å². The van der Waals surface area contributed by atoms with Gasteiger partial charge in [0.15, 0.2) is 16.5 Å². The number of hydrogen-bond acceptors (Lipinski definition) is 7. The first-order valence-electron chi connectivity index (χ1n) is 7.80. The maximum Gasteiger partial charge on any atom is 0.190 e. The molecule has 2 aliphatic rings. The number of aliphatic hydroxyl groups excluding tert-OH is 1. The molecule has 2 N–H and O–H groups in total. The second-order valence-corrected chi connectivity index (χ2v) is 7.65. The molecule has 3 heterocycles. The van der Waals surface area contributed by atoms with E-state index < -0.39 is 6.23 Å². The summed E-state index contributed by atoms with van der Waals surface area (Å²) < 4.78 is 1.86. The van der Waals surface area contributed by atoms with Crippen molar-refractivity contribution < 1.29 is 5.11 Å². The summed E-state index contributed by atoms with van der Waals surface area (Å²) in [6, 6.07) is 8.31. The molecule has 1 aliphatic carbocycles. The molecule has 2 aromatic heterocycles. The summed E-state index contributed by atoms with van der Waals surface area (Å²) >= 11 is 3.00. The van der Waals surface area contributed by atoms with Gasteiger partial charge in [0.05, 0.1) is 16.6 Å². The van der Waals surface area contributed by atoms with E-state index in [1.165, 1.54) is 23.5 Å². The average Bonchev–Trinajstić information content (AvgIpc) is 3.32. The Hall–Kier alpha value is -1.77. The number of nitrogens with zero attached hydrogens (tertiary/aromatic N) is 4. The zero-order valence-corrected chi connectivity index (χ0v) is 14.6. The topological polar surface area (TPSA) is 75.9 Å². The molecular formula is C16H15N5OS2. The molecule has 1 aliphatic heterocycles. The molecule has 1 saturated carbocycles. The number of nitrogens with one attached hydrogen (secondary N) is 1. The van der Waals surface area contributed by atoms with E-state index in [0.29, 0.717) is 11.2 Å². The van der Waals surface area contributed by atoms with E-state index in [0.717, 1.165) is 45.4 Å². The van der Waals surface area contributed by atoms with Gasteiger partial charge in [-0.2, -0.15) is 0 Å². The Kier molecular flexibility index (Phi) is 3.26. The summed E-state index contributed by atoms with van der Waals surface area (Å²) in [5.41, 5.74) is 2.55. The van der Waals surface area contributed by atoms with Crippen LogP contribution in [0, 0.1) is 0 Å². The van der Waals surface area contributed by atoms with Crippen molar-refractivity contribution in [3.05, 3.63) is 29.8 Å². The molecule has 1 unspecified atom stereocenters. The fourth-order valence-electron chi connectivity index (χ4n) is 2.91. The van der Waals surface area contributed by atoms with Crippen LogP contribution in [0.25, 0.3) is 11.0 Å². The van der Waals surface area contributed by atoms with Gasteiger partial charge in [0, 0.05) is 6.04 Å². The van der Waals surface area contributed by atoms with Gasteiger partial charge in [-0.05, 0) is 43.0 Å². The first kappa shape index (κ1) is 14.6. The van der Waals surface area contributed by atoms with Crippen molar-refractivity contribution >= 4 is 40.4 Å². The molecule has 1 aromatic carbocycles. The van der Waals surface area contributed by atoms with Crippen molar-refractivity contribution in [3.8, 4) is 0 Å². The number of thioether (sulfide) groups is 1. The van der Waals surface area contributed by atoms with Crippen molar-refractivity contribution in [2.45, 2.75) is 40.5 Å². The number of aromatic nitrogens is 4. The van der Waals surface area contributed by atoms with Crippen LogP contribution in [0.3, 0.4) is 0 Å². The number of rotatable bonds is 3. The van der Waals surface area contributed by atoms with Gasteiger partial charge in [-0.3, -0.25) is 4.57 Å². The maximum absolute atomic E-state index is 11.1. The number of fused-ring (bicyclic) bond motifs is 4. The monoisotopic (exact) mass is 357 g/mol. The highest BCUT2D eigenvalue weighted by atomic mass is 32.2. The summed E-state index contributed by atoms with van der Waals surface area (Å²) in [7, 11) is 0. The number of aliphatic hydroxyl groups is 1. The van der Waals surface area contributed by atoms with E-state index in [9.17, 15) is 5.11 Å². The predicted molar refractivity (Wildman–Crippen MR) is 94.7 cm³/mol. The lowest BCUT2D eigenvalue weighted by molar-refractivity contribution is 0.135. The Balaban J connectivity index is 1.70. The Bertz CT molecular complexity index is 953. The normalized spacial score (nSPS) is 19.2. The summed E-state index contributed by atoms with van der Waals surface area (Å²) in [6.07, 6.45) is 3.42.